The van der Waals surface area contributed by atoms with Gasteiger partial charge in [-0.1, -0.05) is 36.4 Å². The zero-order chi connectivity index (χ0) is 17.2. The molecule has 1 amide bonds. The number of amides is 1. The van der Waals surface area contributed by atoms with Crippen LogP contribution < -0.4 is 11.1 Å². The fourth-order valence-electron chi connectivity index (χ4n) is 2.49. The van der Waals surface area contributed by atoms with E-state index in [1.54, 1.807) is 11.8 Å². The third-order valence-corrected chi connectivity index (χ3v) is 4.45. The molecule has 0 heterocycles. The van der Waals surface area contributed by atoms with Gasteiger partial charge < -0.3 is 11.1 Å². The zero-order valence-corrected chi connectivity index (χ0v) is 16.1. The van der Waals surface area contributed by atoms with E-state index in [1.165, 1.54) is 5.56 Å². The number of nitrogens with zero attached hydrogens (tertiary/aromatic N) is 1. The minimum Gasteiger partial charge on any atom is -0.329 e. The Bertz CT molecular complexity index is 640. The molecule has 0 radical (unpaired) electrons. The monoisotopic (exact) mass is 379 g/mol. The van der Waals surface area contributed by atoms with Gasteiger partial charge in [-0.2, -0.15) is 0 Å². The summed E-state index contributed by atoms with van der Waals surface area (Å²) < 4.78 is 0. The maximum Gasteiger partial charge on any atom is 0.238 e. The van der Waals surface area contributed by atoms with Crippen molar-refractivity contribution in [1.82, 2.24) is 4.90 Å². The number of thioether (sulfide) groups is 1. The summed E-state index contributed by atoms with van der Waals surface area (Å²) >= 11 is 1.66. The normalized spacial score (nSPS) is 10.4. The van der Waals surface area contributed by atoms with Gasteiger partial charge in [0, 0.05) is 30.2 Å². The molecule has 2 aromatic rings. The Morgan fingerprint density at radius 2 is 1.88 bits per heavy atom. The SMILES string of the molecule is CSc1cccc(NC(=O)CN(CCN)CCc2ccccc2)c1.Cl. The van der Waals surface area contributed by atoms with Crippen LogP contribution in [0.5, 0.6) is 0 Å². The van der Waals surface area contributed by atoms with Crippen molar-refractivity contribution in [3.8, 4) is 0 Å². The van der Waals surface area contributed by atoms with Crippen molar-refractivity contribution in [2.75, 3.05) is 37.8 Å². The van der Waals surface area contributed by atoms with Crippen molar-refractivity contribution in [2.45, 2.75) is 11.3 Å². The predicted octanol–water partition coefficient (Wildman–Crippen LogP) is 3.27. The van der Waals surface area contributed by atoms with Crippen LogP contribution in [-0.2, 0) is 11.2 Å². The lowest BCUT2D eigenvalue weighted by molar-refractivity contribution is -0.117. The van der Waals surface area contributed by atoms with E-state index in [1.807, 2.05) is 48.7 Å². The number of nitrogens with one attached hydrogen (secondary N) is 1. The van der Waals surface area contributed by atoms with Gasteiger partial charge in [-0.3, -0.25) is 9.69 Å². The number of hydrogen-bond donors (Lipinski definition) is 2. The highest BCUT2D eigenvalue weighted by Gasteiger charge is 2.10. The molecule has 0 spiro atoms. The van der Waals surface area contributed by atoms with E-state index >= 15 is 0 Å². The summed E-state index contributed by atoms with van der Waals surface area (Å²) in [6, 6.07) is 18.2. The van der Waals surface area contributed by atoms with Gasteiger partial charge in [0.1, 0.15) is 0 Å². The predicted molar refractivity (Wildman–Crippen MR) is 110 cm³/mol. The summed E-state index contributed by atoms with van der Waals surface area (Å²) in [4.78, 5) is 15.5. The average Bonchev–Trinajstić information content (AvgIpc) is 2.61. The quantitative estimate of drug-likeness (QED) is 0.656. The number of nitrogens with two attached hydrogens (primary N) is 1. The standard InChI is InChI=1S/C19H25N3OS.ClH/c1-24-18-9-5-8-17(14-18)21-19(23)15-22(13-11-20)12-10-16-6-3-2-4-7-16;/h2-9,14H,10-13,15,20H2,1H3,(H,21,23);1H. The molecule has 0 saturated heterocycles. The van der Waals surface area contributed by atoms with E-state index in [0.717, 1.165) is 23.5 Å². The molecule has 0 aromatic heterocycles. The largest absolute Gasteiger partial charge is 0.329 e. The number of anilines is 1. The minimum atomic E-state index is -0.00485. The first kappa shape index (κ1) is 21.5. The van der Waals surface area contributed by atoms with E-state index in [9.17, 15) is 4.79 Å². The first-order valence-electron chi connectivity index (χ1n) is 8.11. The highest BCUT2D eigenvalue weighted by molar-refractivity contribution is 7.98. The van der Waals surface area contributed by atoms with Crippen LogP contribution in [0.4, 0.5) is 5.69 Å². The Hall–Kier alpha value is -1.53. The molecule has 0 aliphatic carbocycles. The molecule has 25 heavy (non-hydrogen) atoms. The van der Waals surface area contributed by atoms with Crippen LogP contribution >= 0.6 is 24.2 Å². The number of rotatable bonds is 9. The summed E-state index contributed by atoms with van der Waals surface area (Å²) in [6.07, 6.45) is 2.93. The van der Waals surface area contributed by atoms with Crippen molar-refractivity contribution < 1.29 is 4.79 Å². The summed E-state index contributed by atoms with van der Waals surface area (Å²) in [5.74, 6) is -0.00485. The first-order chi connectivity index (χ1) is 11.7. The topological polar surface area (TPSA) is 58.4 Å². The van der Waals surface area contributed by atoms with Gasteiger partial charge in [0.15, 0.2) is 0 Å². The summed E-state index contributed by atoms with van der Waals surface area (Å²) in [6.45, 7) is 2.43. The second-order valence-electron chi connectivity index (χ2n) is 5.58. The summed E-state index contributed by atoms with van der Waals surface area (Å²) in [5.41, 5.74) is 7.80. The lowest BCUT2D eigenvalue weighted by Gasteiger charge is -2.21. The number of benzene rings is 2. The molecule has 0 aliphatic heterocycles. The number of hydrogen-bond acceptors (Lipinski definition) is 4. The Morgan fingerprint density at radius 1 is 1.12 bits per heavy atom. The Balaban J connectivity index is 0.00000312. The van der Waals surface area contributed by atoms with Gasteiger partial charge in [0.25, 0.3) is 0 Å². The van der Waals surface area contributed by atoms with Gasteiger partial charge in [-0.15, -0.1) is 24.2 Å². The molecule has 0 fully saturated rings. The lowest BCUT2D eigenvalue weighted by atomic mass is 10.1. The highest BCUT2D eigenvalue weighted by atomic mass is 35.5. The van der Waals surface area contributed by atoms with Crippen molar-refractivity contribution in [1.29, 1.82) is 0 Å². The first-order valence-corrected chi connectivity index (χ1v) is 9.34. The molecule has 4 nitrogen and oxygen atoms in total. The van der Waals surface area contributed by atoms with Gasteiger partial charge in [0.2, 0.25) is 5.91 Å². The lowest BCUT2D eigenvalue weighted by Crippen LogP contribution is -2.38. The van der Waals surface area contributed by atoms with Crippen molar-refractivity contribution in [3.05, 3.63) is 60.2 Å². The third kappa shape index (κ3) is 7.92. The zero-order valence-electron chi connectivity index (χ0n) is 14.5. The molecule has 6 heteroatoms. The molecule has 0 atom stereocenters. The molecule has 2 rings (SSSR count). The Labute approximate surface area is 160 Å². The van der Waals surface area contributed by atoms with Crippen LogP contribution in [0.1, 0.15) is 5.56 Å². The molecule has 3 N–H and O–H groups in total. The van der Waals surface area contributed by atoms with Gasteiger partial charge >= 0.3 is 0 Å². The molecule has 2 aromatic carbocycles. The maximum absolute atomic E-state index is 12.3. The molecule has 0 saturated carbocycles. The van der Waals surface area contributed by atoms with Crippen LogP contribution in [-0.4, -0.2) is 43.2 Å². The third-order valence-electron chi connectivity index (χ3n) is 3.73. The minimum absolute atomic E-state index is 0. The van der Waals surface area contributed by atoms with Crippen LogP contribution in [0.2, 0.25) is 0 Å². The highest BCUT2D eigenvalue weighted by Crippen LogP contribution is 2.18. The number of halogens is 1. The van der Waals surface area contributed by atoms with E-state index < -0.39 is 0 Å². The fourth-order valence-corrected chi connectivity index (χ4v) is 2.95. The van der Waals surface area contributed by atoms with E-state index in [-0.39, 0.29) is 18.3 Å². The summed E-state index contributed by atoms with van der Waals surface area (Å²) in [5, 5.41) is 2.97. The molecule has 136 valence electrons. The number of carbonyl (C=O) groups excluding carboxylic acids is 1. The van der Waals surface area contributed by atoms with E-state index in [4.69, 9.17) is 5.73 Å². The van der Waals surface area contributed by atoms with Crippen LogP contribution in [0.15, 0.2) is 59.5 Å². The van der Waals surface area contributed by atoms with Crippen molar-refractivity contribution >= 4 is 35.8 Å². The average molecular weight is 380 g/mol. The van der Waals surface area contributed by atoms with Crippen molar-refractivity contribution in [3.63, 3.8) is 0 Å². The summed E-state index contributed by atoms with van der Waals surface area (Å²) in [7, 11) is 0. The second kappa shape index (κ2) is 11.9. The van der Waals surface area contributed by atoms with Crippen LogP contribution in [0.3, 0.4) is 0 Å². The van der Waals surface area contributed by atoms with Crippen molar-refractivity contribution in [2.24, 2.45) is 5.73 Å². The smallest absolute Gasteiger partial charge is 0.238 e. The molecule has 0 aliphatic rings. The number of carbonyl (C=O) groups is 1. The van der Waals surface area contributed by atoms with Gasteiger partial charge in [-0.25, -0.2) is 0 Å². The fraction of sp³-hybridized carbons (Fsp3) is 0.316. The maximum atomic E-state index is 12.3. The van der Waals surface area contributed by atoms with Crippen LogP contribution in [0.25, 0.3) is 0 Å². The van der Waals surface area contributed by atoms with Gasteiger partial charge in [-0.05, 0) is 36.4 Å². The second-order valence-corrected chi connectivity index (χ2v) is 6.46. The Morgan fingerprint density at radius 3 is 2.56 bits per heavy atom. The van der Waals surface area contributed by atoms with E-state index in [0.29, 0.717) is 19.6 Å². The van der Waals surface area contributed by atoms with Gasteiger partial charge in [0.05, 0.1) is 6.54 Å². The molecular weight excluding hydrogens is 354 g/mol. The van der Waals surface area contributed by atoms with Crippen LogP contribution in [0, 0.1) is 0 Å². The molecular formula is C19H26ClN3OS. The van der Waals surface area contributed by atoms with E-state index in [2.05, 4.69) is 22.3 Å². The molecule has 0 unspecified atom stereocenters. The molecule has 0 bridgehead atoms. The Kier molecular flexibility index (Phi) is 10.3.